The molecule has 3 heterocycles. The van der Waals surface area contributed by atoms with Gasteiger partial charge in [0.2, 0.25) is 5.95 Å². The van der Waals surface area contributed by atoms with Crippen LogP contribution in [0.5, 0.6) is 0 Å². The van der Waals surface area contributed by atoms with Gasteiger partial charge in [-0.3, -0.25) is 4.79 Å². The monoisotopic (exact) mass is 447 g/mol. The van der Waals surface area contributed by atoms with Gasteiger partial charge in [0.1, 0.15) is 22.8 Å². The van der Waals surface area contributed by atoms with Crippen LogP contribution in [0.3, 0.4) is 0 Å². The first-order chi connectivity index (χ1) is 15.8. The molecule has 1 aliphatic rings. The number of carbonyl (C=O) groups excluding carboxylic acids is 1. The fraction of sp³-hybridized carbons (Fsp3) is 0.333. The number of hydrogen-bond donors (Lipinski definition) is 5. The summed E-state index contributed by atoms with van der Waals surface area (Å²) < 4.78 is 0. The number of fused-ring (bicyclic) bond motifs is 1. The molecule has 33 heavy (non-hydrogen) atoms. The Bertz CT molecular complexity index is 1160. The van der Waals surface area contributed by atoms with Gasteiger partial charge in [0, 0.05) is 25.0 Å². The predicted molar refractivity (Wildman–Crippen MR) is 128 cm³/mol. The second kappa shape index (κ2) is 9.51. The van der Waals surface area contributed by atoms with Crippen molar-refractivity contribution in [3.05, 3.63) is 65.0 Å². The number of aromatic nitrogens is 3. The number of rotatable bonds is 7. The SMILES string of the molecule is CCNC(=O)c1cnc(Nc2cccc3c2CCNC3)nc1Nc1cccc(C(C)(C)O)n1. The summed E-state index contributed by atoms with van der Waals surface area (Å²) in [6.07, 6.45) is 2.41. The molecular formula is C24H29N7O2. The maximum atomic E-state index is 12.6. The molecule has 0 saturated carbocycles. The molecule has 1 amide bonds. The van der Waals surface area contributed by atoms with Gasteiger partial charge in [0.25, 0.3) is 5.91 Å². The summed E-state index contributed by atoms with van der Waals surface area (Å²) in [7, 11) is 0. The Morgan fingerprint density at radius 1 is 1.15 bits per heavy atom. The molecule has 0 fully saturated rings. The molecular weight excluding hydrogens is 418 g/mol. The van der Waals surface area contributed by atoms with Gasteiger partial charge in [-0.1, -0.05) is 18.2 Å². The molecule has 0 spiro atoms. The Hall–Kier alpha value is -3.56. The fourth-order valence-electron chi connectivity index (χ4n) is 3.70. The maximum absolute atomic E-state index is 12.6. The zero-order valence-corrected chi connectivity index (χ0v) is 19.1. The van der Waals surface area contributed by atoms with Crippen molar-refractivity contribution < 1.29 is 9.90 Å². The van der Waals surface area contributed by atoms with E-state index in [1.807, 2.05) is 19.1 Å². The van der Waals surface area contributed by atoms with Crippen molar-refractivity contribution in [2.45, 2.75) is 39.3 Å². The van der Waals surface area contributed by atoms with Crippen LogP contribution in [0.15, 0.2) is 42.6 Å². The van der Waals surface area contributed by atoms with Crippen molar-refractivity contribution in [3.8, 4) is 0 Å². The van der Waals surface area contributed by atoms with E-state index in [4.69, 9.17) is 0 Å². The number of nitrogens with one attached hydrogen (secondary N) is 4. The van der Waals surface area contributed by atoms with E-state index in [2.05, 4.69) is 42.3 Å². The number of nitrogens with zero attached hydrogens (tertiary/aromatic N) is 3. The molecule has 9 heteroatoms. The predicted octanol–water partition coefficient (Wildman–Crippen LogP) is 2.98. The van der Waals surface area contributed by atoms with Gasteiger partial charge in [-0.2, -0.15) is 4.98 Å². The second-order valence-electron chi connectivity index (χ2n) is 8.40. The lowest BCUT2D eigenvalue weighted by atomic mass is 9.99. The Balaban J connectivity index is 1.68. The van der Waals surface area contributed by atoms with Crippen molar-refractivity contribution in [3.63, 3.8) is 0 Å². The first-order valence-electron chi connectivity index (χ1n) is 11.1. The van der Waals surface area contributed by atoms with Crippen LogP contribution in [0.1, 0.15) is 48.0 Å². The molecule has 0 atom stereocenters. The van der Waals surface area contributed by atoms with E-state index >= 15 is 0 Å². The third-order valence-corrected chi connectivity index (χ3v) is 5.38. The highest BCUT2D eigenvalue weighted by Crippen LogP contribution is 2.27. The van der Waals surface area contributed by atoms with Crippen molar-refractivity contribution in [2.24, 2.45) is 0 Å². The van der Waals surface area contributed by atoms with E-state index in [-0.39, 0.29) is 5.91 Å². The van der Waals surface area contributed by atoms with Gasteiger partial charge in [0.15, 0.2) is 0 Å². The number of amides is 1. The summed E-state index contributed by atoms with van der Waals surface area (Å²) >= 11 is 0. The van der Waals surface area contributed by atoms with Crippen molar-refractivity contribution in [1.82, 2.24) is 25.6 Å². The van der Waals surface area contributed by atoms with Crippen LogP contribution in [0.4, 0.5) is 23.3 Å². The van der Waals surface area contributed by atoms with Crippen LogP contribution in [0, 0.1) is 0 Å². The Kier molecular flexibility index (Phi) is 6.52. The van der Waals surface area contributed by atoms with Gasteiger partial charge in [-0.15, -0.1) is 0 Å². The number of hydrogen-bond acceptors (Lipinski definition) is 8. The van der Waals surface area contributed by atoms with Gasteiger partial charge in [-0.05, 0) is 63.1 Å². The molecule has 4 rings (SSSR count). The normalized spacial score (nSPS) is 13.2. The van der Waals surface area contributed by atoms with E-state index in [9.17, 15) is 9.90 Å². The van der Waals surface area contributed by atoms with E-state index in [1.54, 1.807) is 32.0 Å². The summed E-state index contributed by atoms with van der Waals surface area (Å²) in [6, 6.07) is 11.4. The van der Waals surface area contributed by atoms with Crippen LogP contribution >= 0.6 is 0 Å². The Morgan fingerprint density at radius 2 is 1.97 bits per heavy atom. The smallest absolute Gasteiger partial charge is 0.256 e. The summed E-state index contributed by atoms with van der Waals surface area (Å²) in [5.74, 6) is 0.878. The van der Waals surface area contributed by atoms with Crippen LogP contribution in [0.25, 0.3) is 0 Å². The summed E-state index contributed by atoms with van der Waals surface area (Å²) in [6.45, 7) is 7.42. The molecule has 1 aromatic carbocycles. The molecule has 1 aliphatic heterocycles. The lowest BCUT2D eigenvalue weighted by molar-refractivity contribution is 0.0740. The molecule has 0 unspecified atom stereocenters. The van der Waals surface area contributed by atoms with Crippen LogP contribution in [-0.4, -0.2) is 39.1 Å². The highest BCUT2D eigenvalue weighted by Gasteiger charge is 2.20. The second-order valence-corrected chi connectivity index (χ2v) is 8.40. The Morgan fingerprint density at radius 3 is 2.76 bits per heavy atom. The third-order valence-electron chi connectivity index (χ3n) is 5.38. The van der Waals surface area contributed by atoms with E-state index in [0.717, 1.165) is 25.2 Å². The number of aliphatic hydroxyl groups is 1. The minimum atomic E-state index is -1.10. The first kappa shape index (κ1) is 22.6. The summed E-state index contributed by atoms with van der Waals surface area (Å²) in [4.78, 5) is 26.1. The van der Waals surface area contributed by atoms with Crippen molar-refractivity contribution >= 4 is 29.2 Å². The zero-order valence-electron chi connectivity index (χ0n) is 19.1. The van der Waals surface area contributed by atoms with Crippen LogP contribution in [-0.2, 0) is 18.6 Å². The lowest BCUT2D eigenvalue weighted by Gasteiger charge is -2.21. The minimum absolute atomic E-state index is 0.284. The fourth-order valence-corrected chi connectivity index (χ4v) is 3.70. The molecule has 0 aliphatic carbocycles. The van der Waals surface area contributed by atoms with Gasteiger partial charge >= 0.3 is 0 Å². The molecule has 172 valence electrons. The molecule has 5 N–H and O–H groups in total. The van der Waals surface area contributed by atoms with E-state index in [1.165, 1.54) is 17.3 Å². The van der Waals surface area contributed by atoms with E-state index in [0.29, 0.717) is 35.4 Å². The molecule has 0 radical (unpaired) electrons. The highest BCUT2D eigenvalue weighted by atomic mass is 16.3. The summed E-state index contributed by atoms with van der Waals surface area (Å²) in [5.41, 5.74) is 3.15. The zero-order chi connectivity index (χ0) is 23.4. The number of carbonyl (C=O) groups is 1. The quantitative estimate of drug-likeness (QED) is 0.374. The molecule has 9 nitrogen and oxygen atoms in total. The average molecular weight is 448 g/mol. The molecule has 3 aromatic rings. The van der Waals surface area contributed by atoms with Crippen LogP contribution < -0.4 is 21.3 Å². The Labute approximate surface area is 193 Å². The molecule has 0 saturated heterocycles. The number of anilines is 4. The van der Waals surface area contributed by atoms with E-state index < -0.39 is 5.60 Å². The maximum Gasteiger partial charge on any atom is 0.256 e. The molecule has 0 bridgehead atoms. The average Bonchev–Trinajstić information content (AvgIpc) is 2.79. The number of pyridine rings is 1. The minimum Gasteiger partial charge on any atom is -0.384 e. The van der Waals surface area contributed by atoms with Gasteiger partial charge in [-0.25, -0.2) is 9.97 Å². The van der Waals surface area contributed by atoms with Gasteiger partial charge < -0.3 is 26.4 Å². The van der Waals surface area contributed by atoms with Crippen LogP contribution in [0.2, 0.25) is 0 Å². The first-order valence-corrected chi connectivity index (χ1v) is 11.1. The number of benzene rings is 1. The molecule has 2 aromatic heterocycles. The topological polar surface area (TPSA) is 124 Å². The largest absolute Gasteiger partial charge is 0.384 e. The third kappa shape index (κ3) is 5.27. The van der Waals surface area contributed by atoms with Crippen molar-refractivity contribution in [1.29, 1.82) is 0 Å². The lowest BCUT2D eigenvalue weighted by Crippen LogP contribution is -2.25. The standard InChI is InChI=1S/C24H29N7O2/c1-4-26-22(32)17-14-27-23(28-18-8-5-7-15-13-25-12-11-16(15)18)31-21(17)30-20-10-6-9-19(29-20)24(2,3)33/h5-10,14,25,33H,4,11-13H2,1-3H3,(H,26,32)(H2,27,28,29,30,31). The summed E-state index contributed by atoms with van der Waals surface area (Å²) in [5, 5.41) is 22.9. The highest BCUT2D eigenvalue weighted by molar-refractivity contribution is 5.99. The van der Waals surface area contributed by atoms with Gasteiger partial charge in [0.05, 0.1) is 5.69 Å². The van der Waals surface area contributed by atoms with Crippen molar-refractivity contribution in [2.75, 3.05) is 23.7 Å².